The number of rotatable bonds is 7. The lowest BCUT2D eigenvalue weighted by atomic mass is 10.3. The fourth-order valence-electron chi connectivity index (χ4n) is 1.58. The first kappa shape index (κ1) is 17.5. The average molecular weight is 360 g/mol. The normalized spacial score (nSPS) is 10.3. The lowest BCUT2D eigenvalue weighted by Crippen LogP contribution is -2.37. The first-order valence-electron chi connectivity index (χ1n) is 6.92. The zero-order chi connectivity index (χ0) is 15.8. The van der Waals surface area contributed by atoms with Crippen molar-refractivity contribution in [1.29, 1.82) is 0 Å². The molecule has 21 heavy (non-hydrogen) atoms. The van der Waals surface area contributed by atoms with Crippen molar-refractivity contribution >= 4 is 27.6 Å². The lowest BCUT2D eigenvalue weighted by Gasteiger charge is -2.13. The summed E-state index contributed by atoms with van der Waals surface area (Å²) in [6.07, 6.45) is 3.55. The minimum atomic E-state index is -0.149. The molecule has 0 aliphatic heterocycles. The molecule has 1 aromatic heterocycles. The van der Waals surface area contributed by atoms with Crippen LogP contribution in [0.25, 0.3) is 0 Å². The zero-order valence-electron chi connectivity index (χ0n) is 12.6. The van der Waals surface area contributed by atoms with Crippen molar-refractivity contribution in [3.8, 4) is 0 Å². The molecule has 0 aromatic carbocycles. The van der Waals surface area contributed by atoms with Crippen LogP contribution in [-0.4, -0.2) is 47.9 Å². The molecule has 1 heterocycles. The Hall–Kier alpha value is -1.57. The van der Waals surface area contributed by atoms with E-state index in [1.54, 1.807) is 20.3 Å². The predicted octanol–water partition coefficient (Wildman–Crippen LogP) is 1.49. The van der Waals surface area contributed by atoms with Gasteiger partial charge in [-0.25, -0.2) is 9.48 Å². The number of urea groups is 1. The van der Waals surface area contributed by atoms with E-state index in [2.05, 4.69) is 38.6 Å². The molecule has 0 saturated heterocycles. The first-order chi connectivity index (χ1) is 9.97. The van der Waals surface area contributed by atoms with E-state index in [9.17, 15) is 9.59 Å². The highest BCUT2D eigenvalue weighted by Crippen LogP contribution is 2.15. The second-order valence-corrected chi connectivity index (χ2v) is 5.60. The van der Waals surface area contributed by atoms with Crippen LogP contribution in [0.15, 0.2) is 15.5 Å². The Morgan fingerprint density at radius 2 is 2.14 bits per heavy atom. The number of nitrogens with one attached hydrogen (secondary N) is 2. The number of aryl methyl sites for hydroxylation is 1. The van der Waals surface area contributed by atoms with Gasteiger partial charge >= 0.3 is 6.03 Å². The zero-order valence-corrected chi connectivity index (χ0v) is 14.2. The van der Waals surface area contributed by atoms with Crippen molar-refractivity contribution in [3.05, 3.63) is 21.0 Å². The van der Waals surface area contributed by atoms with Crippen LogP contribution >= 0.6 is 15.9 Å². The maximum Gasteiger partial charge on any atom is 0.316 e. The Labute approximate surface area is 132 Å². The summed E-state index contributed by atoms with van der Waals surface area (Å²) < 4.78 is 1.92. The standard InChI is InChI=1S/C13H22BrN5O2/c1-4-5-8-19-12(20)11(14)10(9-17-19)15-6-7-16-13(21)18(2)3/h9,15H,4-8H2,1-3H3,(H,16,21). The smallest absolute Gasteiger partial charge is 0.316 e. The quantitative estimate of drug-likeness (QED) is 0.722. The summed E-state index contributed by atoms with van der Waals surface area (Å²) in [5, 5.41) is 9.94. The number of hydrogen-bond donors (Lipinski definition) is 2. The van der Waals surface area contributed by atoms with Crippen molar-refractivity contribution < 1.29 is 4.79 Å². The predicted molar refractivity (Wildman–Crippen MR) is 86.7 cm³/mol. The maximum atomic E-state index is 12.1. The van der Waals surface area contributed by atoms with Gasteiger partial charge < -0.3 is 15.5 Å². The number of carbonyl (C=O) groups excluding carboxylic acids is 1. The molecule has 0 aliphatic carbocycles. The van der Waals surface area contributed by atoms with Crippen LogP contribution < -0.4 is 16.2 Å². The summed E-state index contributed by atoms with van der Waals surface area (Å²) in [6, 6.07) is -0.149. The van der Waals surface area contributed by atoms with Crippen LogP contribution in [0.5, 0.6) is 0 Å². The number of hydrogen-bond acceptors (Lipinski definition) is 4. The number of amides is 2. The van der Waals surface area contributed by atoms with Gasteiger partial charge in [0.15, 0.2) is 0 Å². The lowest BCUT2D eigenvalue weighted by molar-refractivity contribution is 0.218. The van der Waals surface area contributed by atoms with Crippen molar-refractivity contribution in [1.82, 2.24) is 20.0 Å². The fourth-order valence-corrected chi connectivity index (χ4v) is 2.03. The Kier molecular flexibility index (Phi) is 7.21. The second-order valence-electron chi connectivity index (χ2n) is 4.81. The molecular weight excluding hydrogens is 338 g/mol. The number of carbonyl (C=O) groups is 1. The van der Waals surface area contributed by atoms with Gasteiger partial charge in [0.05, 0.1) is 11.9 Å². The summed E-state index contributed by atoms with van der Waals surface area (Å²) in [7, 11) is 3.36. The van der Waals surface area contributed by atoms with Crippen LogP contribution in [-0.2, 0) is 6.54 Å². The molecular formula is C13H22BrN5O2. The molecule has 7 nitrogen and oxygen atoms in total. The van der Waals surface area contributed by atoms with Gasteiger partial charge in [-0.05, 0) is 22.4 Å². The van der Waals surface area contributed by atoms with Crippen molar-refractivity contribution in [2.75, 3.05) is 32.5 Å². The molecule has 1 rings (SSSR count). The second kappa shape index (κ2) is 8.66. The number of anilines is 1. The van der Waals surface area contributed by atoms with E-state index < -0.39 is 0 Å². The number of nitrogens with zero attached hydrogens (tertiary/aromatic N) is 3. The van der Waals surface area contributed by atoms with Crippen molar-refractivity contribution in [2.45, 2.75) is 26.3 Å². The van der Waals surface area contributed by atoms with Gasteiger partial charge in [0.25, 0.3) is 5.56 Å². The molecule has 0 aliphatic rings. The largest absolute Gasteiger partial charge is 0.381 e. The molecule has 118 valence electrons. The highest BCUT2D eigenvalue weighted by atomic mass is 79.9. The van der Waals surface area contributed by atoms with Gasteiger partial charge in [0.1, 0.15) is 4.47 Å². The summed E-state index contributed by atoms with van der Waals surface area (Å²) in [5.74, 6) is 0. The van der Waals surface area contributed by atoms with E-state index in [0.29, 0.717) is 29.8 Å². The molecule has 0 atom stereocenters. The van der Waals surface area contributed by atoms with E-state index >= 15 is 0 Å². The van der Waals surface area contributed by atoms with Gasteiger partial charge in [-0.2, -0.15) is 5.10 Å². The van der Waals surface area contributed by atoms with Crippen molar-refractivity contribution in [3.63, 3.8) is 0 Å². The highest BCUT2D eigenvalue weighted by Gasteiger charge is 2.08. The average Bonchev–Trinajstić information content (AvgIpc) is 2.46. The van der Waals surface area contributed by atoms with E-state index in [0.717, 1.165) is 12.8 Å². The van der Waals surface area contributed by atoms with Crippen LogP contribution in [0.4, 0.5) is 10.5 Å². The van der Waals surface area contributed by atoms with Gasteiger partial charge in [0, 0.05) is 33.7 Å². The highest BCUT2D eigenvalue weighted by molar-refractivity contribution is 9.10. The minimum absolute atomic E-state index is 0.147. The molecule has 0 spiro atoms. The SMILES string of the molecule is CCCCn1ncc(NCCNC(=O)N(C)C)c(Br)c1=O. The Bertz CT molecular complexity index is 530. The van der Waals surface area contributed by atoms with Gasteiger partial charge in [-0.1, -0.05) is 13.3 Å². The third-order valence-corrected chi connectivity index (χ3v) is 3.60. The van der Waals surface area contributed by atoms with E-state index in [-0.39, 0.29) is 11.6 Å². The van der Waals surface area contributed by atoms with Gasteiger partial charge in [-0.3, -0.25) is 4.79 Å². The molecule has 0 unspecified atom stereocenters. The Morgan fingerprint density at radius 3 is 2.76 bits per heavy atom. The van der Waals surface area contributed by atoms with E-state index in [1.165, 1.54) is 9.58 Å². The number of aromatic nitrogens is 2. The van der Waals surface area contributed by atoms with E-state index in [4.69, 9.17) is 0 Å². The van der Waals surface area contributed by atoms with Crippen LogP contribution in [0, 0.1) is 0 Å². The first-order valence-corrected chi connectivity index (χ1v) is 7.71. The summed E-state index contributed by atoms with van der Waals surface area (Å²) in [5.41, 5.74) is 0.484. The van der Waals surface area contributed by atoms with Crippen LogP contribution in [0.1, 0.15) is 19.8 Å². The van der Waals surface area contributed by atoms with Crippen LogP contribution in [0.3, 0.4) is 0 Å². The molecule has 1 aromatic rings. The van der Waals surface area contributed by atoms with Crippen molar-refractivity contribution in [2.24, 2.45) is 0 Å². The molecule has 2 amide bonds. The minimum Gasteiger partial charge on any atom is -0.381 e. The molecule has 2 N–H and O–H groups in total. The molecule has 0 radical (unpaired) electrons. The monoisotopic (exact) mass is 359 g/mol. The third kappa shape index (κ3) is 5.37. The summed E-state index contributed by atoms with van der Waals surface area (Å²) in [4.78, 5) is 24.9. The maximum absolute atomic E-state index is 12.1. The molecule has 8 heteroatoms. The summed E-state index contributed by atoms with van der Waals surface area (Å²) in [6.45, 7) is 3.66. The topological polar surface area (TPSA) is 79.3 Å². The number of unbranched alkanes of at least 4 members (excludes halogenated alkanes) is 1. The Balaban J connectivity index is 2.55. The molecule has 0 saturated carbocycles. The fraction of sp³-hybridized carbons (Fsp3) is 0.615. The van der Waals surface area contributed by atoms with E-state index in [1.807, 2.05) is 0 Å². The molecule has 0 bridgehead atoms. The van der Waals surface area contributed by atoms with Crippen LogP contribution in [0.2, 0.25) is 0 Å². The van der Waals surface area contributed by atoms with Gasteiger partial charge in [0.2, 0.25) is 0 Å². The summed E-state index contributed by atoms with van der Waals surface area (Å²) >= 11 is 3.30. The molecule has 0 fully saturated rings. The third-order valence-electron chi connectivity index (χ3n) is 2.83. The number of halogens is 1. The van der Waals surface area contributed by atoms with Gasteiger partial charge in [-0.15, -0.1) is 0 Å². The Morgan fingerprint density at radius 1 is 1.43 bits per heavy atom.